The summed E-state index contributed by atoms with van der Waals surface area (Å²) < 4.78 is 0. The van der Waals surface area contributed by atoms with Crippen LogP contribution < -0.4 is 5.32 Å². The first-order chi connectivity index (χ1) is 9.61. The minimum absolute atomic E-state index is 0.117. The third kappa shape index (κ3) is 3.31. The first-order valence-corrected chi connectivity index (χ1v) is 6.94. The van der Waals surface area contributed by atoms with Crippen LogP contribution in [0.5, 0.6) is 11.5 Å². The number of benzene rings is 2. The number of aromatic hydroxyl groups is 2. The normalized spacial score (nSPS) is 12.3. The molecule has 2 aromatic carbocycles. The van der Waals surface area contributed by atoms with Crippen molar-refractivity contribution in [1.29, 1.82) is 0 Å². The van der Waals surface area contributed by atoms with Crippen molar-refractivity contribution >= 4 is 0 Å². The molecule has 0 fully saturated rings. The zero-order valence-electron chi connectivity index (χ0n) is 11.9. The minimum Gasteiger partial charge on any atom is -0.507 e. The van der Waals surface area contributed by atoms with E-state index in [2.05, 4.69) is 36.5 Å². The van der Waals surface area contributed by atoms with Crippen LogP contribution in [0, 0.1) is 0 Å². The zero-order valence-corrected chi connectivity index (χ0v) is 11.9. The minimum atomic E-state index is -0.123. The van der Waals surface area contributed by atoms with Crippen LogP contribution in [-0.2, 0) is 13.0 Å². The van der Waals surface area contributed by atoms with Gasteiger partial charge in [0.05, 0.1) is 5.56 Å². The Labute approximate surface area is 119 Å². The van der Waals surface area contributed by atoms with E-state index in [0.717, 1.165) is 6.42 Å². The van der Waals surface area contributed by atoms with Crippen LogP contribution >= 0.6 is 0 Å². The van der Waals surface area contributed by atoms with Gasteiger partial charge in [0.25, 0.3) is 0 Å². The van der Waals surface area contributed by atoms with Crippen LogP contribution in [0.1, 0.15) is 36.6 Å². The summed E-state index contributed by atoms with van der Waals surface area (Å²) in [5.41, 5.74) is 3.04. The lowest BCUT2D eigenvalue weighted by Gasteiger charge is -2.17. The van der Waals surface area contributed by atoms with Crippen molar-refractivity contribution in [3.63, 3.8) is 0 Å². The van der Waals surface area contributed by atoms with Crippen molar-refractivity contribution in [2.75, 3.05) is 0 Å². The molecule has 0 spiro atoms. The Hall–Kier alpha value is -2.00. The third-order valence-electron chi connectivity index (χ3n) is 3.54. The molecule has 20 heavy (non-hydrogen) atoms. The van der Waals surface area contributed by atoms with Gasteiger partial charge >= 0.3 is 0 Å². The molecular weight excluding hydrogens is 250 g/mol. The van der Waals surface area contributed by atoms with Crippen LogP contribution in [0.4, 0.5) is 0 Å². The fourth-order valence-corrected chi connectivity index (χ4v) is 2.25. The van der Waals surface area contributed by atoms with Gasteiger partial charge in [-0.05, 0) is 36.6 Å². The van der Waals surface area contributed by atoms with Crippen LogP contribution in [0.2, 0.25) is 0 Å². The molecule has 0 radical (unpaired) electrons. The topological polar surface area (TPSA) is 52.5 Å². The molecule has 0 bridgehead atoms. The molecule has 3 N–H and O–H groups in total. The third-order valence-corrected chi connectivity index (χ3v) is 3.54. The quantitative estimate of drug-likeness (QED) is 0.780. The first kappa shape index (κ1) is 14.4. The van der Waals surface area contributed by atoms with Crippen molar-refractivity contribution in [3.05, 3.63) is 59.2 Å². The lowest BCUT2D eigenvalue weighted by Crippen LogP contribution is -2.18. The molecule has 0 aromatic heterocycles. The summed E-state index contributed by atoms with van der Waals surface area (Å²) in [6.07, 6.45) is 1.04. The van der Waals surface area contributed by atoms with Gasteiger partial charge in [-0.2, -0.15) is 0 Å². The van der Waals surface area contributed by atoms with Crippen LogP contribution in [0.3, 0.4) is 0 Å². The van der Waals surface area contributed by atoms with E-state index in [4.69, 9.17) is 0 Å². The molecule has 1 atom stereocenters. The van der Waals surface area contributed by atoms with Gasteiger partial charge in [0, 0.05) is 12.6 Å². The fraction of sp³-hybridized carbons (Fsp3) is 0.294. The Bertz CT molecular complexity index is 543. The number of phenols is 2. The van der Waals surface area contributed by atoms with Crippen molar-refractivity contribution in [1.82, 2.24) is 5.32 Å². The van der Waals surface area contributed by atoms with Gasteiger partial charge in [-0.15, -0.1) is 0 Å². The molecule has 1 unspecified atom stereocenters. The van der Waals surface area contributed by atoms with Gasteiger partial charge in [-0.25, -0.2) is 0 Å². The lowest BCUT2D eigenvalue weighted by molar-refractivity contribution is 0.418. The molecule has 0 saturated heterocycles. The zero-order chi connectivity index (χ0) is 14.5. The molecule has 2 aromatic rings. The summed E-state index contributed by atoms with van der Waals surface area (Å²) in [7, 11) is 0. The number of rotatable bonds is 5. The molecule has 0 saturated carbocycles. The smallest absolute Gasteiger partial charge is 0.124 e. The summed E-state index contributed by atoms with van der Waals surface area (Å²) in [4.78, 5) is 0. The van der Waals surface area contributed by atoms with Gasteiger partial charge in [-0.1, -0.05) is 37.3 Å². The van der Waals surface area contributed by atoms with Crippen molar-refractivity contribution in [2.24, 2.45) is 0 Å². The Balaban J connectivity index is 2.02. The molecule has 0 amide bonds. The Kier molecular flexibility index (Phi) is 4.64. The fourth-order valence-electron chi connectivity index (χ4n) is 2.25. The number of nitrogens with one attached hydrogen (secondary N) is 1. The van der Waals surface area contributed by atoms with Crippen LogP contribution in [-0.4, -0.2) is 10.2 Å². The van der Waals surface area contributed by atoms with Crippen molar-refractivity contribution in [3.8, 4) is 11.5 Å². The first-order valence-electron chi connectivity index (χ1n) is 6.94. The molecule has 2 rings (SSSR count). The van der Waals surface area contributed by atoms with E-state index < -0.39 is 0 Å². The summed E-state index contributed by atoms with van der Waals surface area (Å²) in [5.74, 6) is 0.234. The van der Waals surface area contributed by atoms with Crippen LogP contribution in [0.25, 0.3) is 0 Å². The van der Waals surface area contributed by atoms with E-state index in [0.29, 0.717) is 12.1 Å². The molecule has 3 nitrogen and oxygen atoms in total. The Morgan fingerprint density at radius 1 is 0.950 bits per heavy atom. The second-order valence-corrected chi connectivity index (χ2v) is 4.98. The van der Waals surface area contributed by atoms with E-state index in [1.54, 1.807) is 18.2 Å². The maximum Gasteiger partial charge on any atom is 0.124 e. The van der Waals surface area contributed by atoms with E-state index in [9.17, 15) is 10.2 Å². The molecule has 0 aliphatic rings. The van der Waals surface area contributed by atoms with Crippen molar-refractivity contribution < 1.29 is 10.2 Å². The maximum atomic E-state index is 9.83. The van der Waals surface area contributed by atoms with E-state index in [-0.39, 0.29) is 17.5 Å². The molecule has 0 aliphatic carbocycles. The van der Waals surface area contributed by atoms with Crippen LogP contribution in [0.15, 0.2) is 42.5 Å². The monoisotopic (exact) mass is 271 g/mol. The SMILES string of the molecule is CCc1ccc(CNC(C)c2c(O)cccc2O)cc1. The predicted molar refractivity (Wildman–Crippen MR) is 80.8 cm³/mol. The molecule has 3 heteroatoms. The number of phenolic OH excluding ortho intramolecular Hbond substituents is 2. The van der Waals surface area contributed by atoms with E-state index >= 15 is 0 Å². The molecule has 0 heterocycles. The van der Waals surface area contributed by atoms with E-state index in [1.807, 2.05) is 6.92 Å². The van der Waals surface area contributed by atoms with Gasteiger partial charge in [0.2, 0.25) is 0 Å². The number of hydrogen-bond donors (Lipinski definition) is 3. The average molecular weight is 271 g/mol. The number of hydrogen-bond acceptors (Lipinski definition) is 3. The summed E-state index contributed by atoms with van der Waals surface area (Å²) >= 11 is 0. The lowest BCUT2D eigenvalue weighted by atomic mass is 10.0. The average Bonchev–Trinajstić information content (AvgIpc) is 2.45. The van der Waals surface area contributed by atoms with Gasteiger partial charge < -0.3 is 15.5 Å². The largest absolute Gasteiger partial charge is 0.507 e. The van der Waals surface area contributed by atoms with Crippen molar-refractivity contribution in [2.45, 2.75) is 32.9 Å². The molecule has 0 aliphatic heterocycles. The highest BCUT2D eigenvalue weighted by Crippen LogP contribution is 2.32. The maximum absolute atomic E-state index is 9.83. The second kappa shape index (κ2) is 6.44. The molecular formula is C17H21NO2. The standard InChI is InChI=1S/C17H21NO2/c1-3-13-7-9-14(10-8-13)11-18-12(2)17-15(19)5-4-6-16(17)20/h4-10,12,18-20H,3,11H2,1-2H3. The Morgan fingerprint density at radius 2 is 1.50 bits per heavy atom. The highest BCUT2D eigenvalue weighted by molar-refractivity contribution is 5.44. The van der Waals surface area contributed by atoms with Gasteiger partial charge in [0.15, 0.2) is 0 Å². The summed E-state index contributed by atoms with van der Waals surface area (Å²) in [6, 6.07) is 13.1. The predicted octanol–water partition coefficient (Wildman–Crippen LogP) is 3.51. The summed E-state index contributed by atoms with van der Waals surface area (Å²) in [6.45, 7) is 4.75. The van der Waals surface area contributed by atoms with Gasteiger partial charge in [0.1, 0.15) is 11.5 Å². The second-order valence-electron chi connectivity index (χ2n) is 4.98. The highest BCUT2D eigenvalue weighted by atomic mass is 16.3. The summed E-state index contributed by atoms with van der Waals surface area (Å²) in [5, 5.41) is 23.0. The van der Waals surface area contributed by atoms with E-state index in [1.165, 1.54) is 11.1 Å². The number of aryl methyl sites for hydroxylation is 1. The highest BCUT2D eigenvalue weighted by Gasteiger charge is 2.14. The Morgan fingerprint density at radius 3 is 2.05 bits per heavy atom. The van der Waals surface area contributed by atoms with Gasteiger partial charge in [-0.3, -0.25) is 0 Å². The molecule has 106 valence electrons.